The zero-order valence-corrected chi connectivity index (χ0v) is 11.4. The van der Waals surface area contributed by atoms with Gasteiger partial charge in [0.1, 0.15) is 5.56 Å². The topological polar surface area (TPSA) is 79.3 Å². The lowest BCUT2D eigenvalue weighted by Crippen LogP contribution is -2.15. The first-order chi connectivity index (χ1) is 9.50. The quantitative estimate of drug-likeness (QED) is 0.911. The van der Waals surface area contributed by atoms with Crippen molar-refractivity contribution in [2.24, 2.45) is 0 Å². The van der Waals surface area contributed by atoms with E-state index in [-0.39, 0.29) is 26.9 Å². The van der Waals surface area contributed by atoms with E-state index in [9.17, 15) is 9.59 Å². The second-order valence-electron chi connectivity index (χ2n) is 3.78. The summed E-state index contributed by atoms with van der Waals surface area (Å²) in [6, 6.07) is 5.85. The van der Waals surface area contributed by atoms with E-state index >= 15 is 0 Å². The first-order valence-electron chi connectivity index (χ1n) is 5.43. The zero-order valence-electron chi connectivity index (χ0n) is 9.93. The largest absolute Gasteiger partial charge is 0.478 e. The number of carboxylic acids is 1. The van der Waals surface area contributed by atoms with Gasteiger partial charge in [0.25, 0.3) is 5.91 Å². The Morgan fingerprint density at radius 1 is 1.15 bits per heavy atom. The van der Waals surface area contributed by atoms with Crippen molar-refractivity contribution in [3.8, 4) is 0 Å². The van der Waals surface area contributed by atoms with Gasteiger partial charge < -0.3 is 10.4 Å². The molecule has 1 aromatic heterocycles. The number of benzene rings is 1. The molecule has 1 amide bonds. The van der Waals surface area contributed by atoms with E-state index < -0.39 is 11.9 Å². The highest BCUT2D eigenvalue weighted by Crippen LogP contribution is 2.25. The Morgan fingerprint density at radius 2 is 1.90 bits per heavy atom. The molecule has 0 aliphatic rings. The predicted octanol–water partition coefficient (Wildman–Crippen LogP) is 3.34. The minimum absolute atomic E-state index is 0.0381. The minimum Gasteiger partial charge on any atom is -0.478 e. The molecule has 2 N–H and O–H groups in total. The summed E-state index contributed by atoms with van der Waals surface area (Å²) in [5, 5.41) is 11.8. The van der Waals surface area contributed by atoms with Gasteiger partial charge in [-0.25, -0.2) is 4.79 Å². The second kappa shape index (κ2) is 5.90. The fourth-order valence-corrected chi connectivity index (χ4v) is 2.06. The summed E-state index contributed by atoms with van der Waals surface area (Å²) >= 11 is 11.7. The maximum atomic E-state index is 12.1. The Labute approximate surface area is 124 Å². The lowest BCUT2D eigenvalue weighted by molar-refractivity contribution is 0.0698. The van der Waals surface area contributed by atoms with Gasteiger partial charge in [0, 0.05) is 12.4 Å². The standard InChI is InChI=1S/C13H8Cl2N2O3/c14-8-2-1-3-10(11(8)13(19)20)17-12(18)7-4-5-16-6-9(7)15/h1-6H,(H,17,18)(H,19,20). The van der Waals surface area contributed by atoms with Gasteiger partial charge in [-0.15, -0.1) is 0 Å². The van der Waals surface area contributed by atoms with Gasteiger partial charge in [0.2, 0.25) is 0 Å². The molecule has 7 heteroatoms. The first kappa shape index (κ1) is 14.3. The molecule has 1 heterocycles. The van der Waals surface area contributed by atoms with Gasteiger partial charge in [0.15, 0.2) is 0 Å². The van der Waals surface area contributed by atoms with E-state index in [1.165, 1.54) is 30.6 Å². The molecule has 5 nitrogen and oxygen atoms in total. The monoisotopic (exact) mass is 310 g/mol. The Kier molecular flexibility index (Phi) is 4.22. The van der Waals surface area contributed by atoms with Crippen LogP contribution in [0.3, 0.4) is 0 Å². The highest BCUT2D eigenvalue weighted by atomic mass is 35.5. The van der Waals surface area contributed by atoms with Crippen LogP contribution in [0.25, 0.3) is 0 Å². The average Bonchev–Trinajstić information content (AvgIpc) is 2.38. The van der Waals surface area contributed by atoms with Crippen molar-refractivity contribution < 1.29 is 14.7 Å². The summed E-state index contributed by atoms with van der Waals surface area (Å²) in [6.45, 7) is 0. The van der Waals surface area contributed by atoms with E-state index in [1.54, 1.807) is 6.07 Å². The molecule has 0 spiro atoms. The molecule has 2 aromatic rings. The number of nitrogens with zero attached hydrogens (tertiary/aromatic N) is 1. The fourth-order valence-electron chi connectivity index (χ4n) is 1.59. The molecule has 0 aliphatic carbocycles. The minimum atomic E-state index is -1.23. The molecule has 1 aromatic carbocycles. The van der Waals surface area contributed by atoms with Crippen molar-refractivity contribution in [1.82, 2.24) is 4.98 Å². The third-order valence-corrected chi connectivity index (χ3v) is 3.11. The van der Waals surface area contributed by atoms with Crippen molar-refractivity contribution in [3.05, 3.63) is 57.8 Å². The first-order valence-corrected chi connectivity index (χ1v) is 6.19. The number of carbonyl (C=O) groups excluding carboxylic acids is 1. The Bertz CT molecular complexity index is 689. The summed E-state index contributed by atoms with van der Waals surface area (Å²) in [5.74, 6) is -1.77. The lowest BCUT2D eigenvalue weighted by Gasteiger charge is -2.10. The van der Waals surface area contributed by atoms with Crippen LogP contribution in [-0.4, -0.2) is 22.0 Å². The van der Waals surface area contributed by atoms with Crippen LogP contribution in [-0.2, 0) is 0 Å². The summed E-state index contributed by atoms with van der Waals surface area (Å²) < 4.78 is 0. The van der Waals surface area contributed by atoms with Crippen LogP contribution in [0.2, 0.25) is 10.0 Å². The molecule has 20 heavy (non-hydrogen) atoms. The maximum absolute atomic E-state index is 12.1. The highest BCUT2D eigenvalue weighted by Gasteiger charge is 2.17. The molecule has 0 aliphatic heterocycles. The number of carboxylic acid groups (broad SMARTS) is 1. The van der Waals surface area contributed by atoms with Crippen molar-refractivity contribution in [2.75, 3.05) is 5.32 Å². The molecule has 0 atom stereocenters. The van der Waals surface area contributed by atoms with Crippen LogP contribution < -0.4 is 5.32 Å². The van der Waals surface area contributed by atoms with Crippen LogP contribution in [0.4, 0.5) is 5.69 Å². The van der Waals surface area contributed by atoms with Crippen LogP contribution >= 0.6 is 23.2 Å². The number of nitrogens with one attached hydrogen (secondary N) is 1. The Morgan fingerprint density at radius 3 is 2.55 bits per heavy atom. The van der Waals surface area contributed by atoms with Gasteiger partial charge >= 0.3 is 5.97 Å². The smallest absolute Gasteiger partial charge is 0.339 e. The van der Waals surface area contributed by atoms with Gasteiger partial charge in [-0.05, 0) is 18.2 Å². The van der Waals surface area contributed by atoms with Gasteiger partial charge in [-0.3, -0.25) is 9.78 Å². The fraction of sp³-hybridized carbons (Fsp3) is 0. The highest BCUT2D eigenvalue weighted by molar-refractivity contribution is 6.35. The van der Waals surface area contributed by atoms with Crippen LogP contribution in [0.5, 0.6) is 0 Å². The molecule has 2 rings (SSSR count). The number of rotatable bonds is 3. The third-order valence-electron chi connectivity index (χ3n) is 2.49. The summed E-state index contributed by atoms with van der Waals surface area (Å²) in [7, 11) is 0. The van der Waals surface area contributed by atoms with Crippen molar-refractivity contribution in [1.29, 1.82) is 0 Å². The van der Waals surface area contributed by atoms with Crippen molar-refractivity contribution in [2.45, 2.75) is 0 Å². The predicted molar refractivity (Wildman–Crippen MR) is 75.6 cm³/mol. The molecule has 0 unspecified atom stereocenters. The number of aromatic nitrogens is 1. The van der Waals surface area contributed by atoms with E-state index in [0.29, 0.717) is 0 Å². The number of aromatic carboxylic acids is 1. The molecular weight excluding hydrogens is 303 g/mol. The average molecular weight is 311 g/mol. The van der Waals surface area contributed by atoms with Crippen molar-refractivity contribution in [3.63, 3.8) is 0 Å². The summed E-state index contributed by atoms with van der Waals surface area (Å²) in [6.07, 6.45) is 2.74. The van der Waals surface area contributed by atoms with Crippen LogP contribution in [0, 0.1) is 0 Å². The number of halogens is 2. The maximum Gasteiger partial charge on any atom is 0.339 e. The second-order valence-corrected chi connectivity index (χ2v) is 4.59. The van der Waals surface area contributed by atoms with E-state index in [0.717, 1.165) is 0 Å². The van der Waals surface area contributed by atoms with Crippen LogP contribution in [0.1, 0.15) is 20.7 Å². The lowest BCUT2D eigenvalue weighted by atomic mass is 10.1. The number of carbonyl (C=O) groups is 2. The molecule has 0 radical (unpaired) electrons. The third kappa shape index (κ3) is 2.89. The van der Waals surface area contributed by atoms with E-state index in [4.69, 9.17) is 28.3 Å². The van der Waals surface area contributed by atoms with Crippen molar-refractivity contribution >= 4 is 40.8 Å². The van der Waals surface area contributed by atoms with E-state index in [1.807, 2.05) is 0 Å². The zero-order chi connectivity index (χ0) is 14.7. The Hall–Kier alpha value is -2.11. The van der Waals surface area contributed by atoms with Gasteiger partial charge in [0.05, 0.1) is 21.3 Å². The normalized spacial score (nSPS) is 10.1. The molecule has 0 fully saturated rings. The van der Waals surface area contributed by atoms with Gasteiger partial charge in [-0.1, -0.05) is 29.3 Å². The molecule has 0 saturated heterocycles. The number of pyridine rings is 1. The van der Waals surface area contributed by atoms with E-state index in [2.05, 4.69) is 10.3 Å². The summed E-state index contributed by atoms with van der Waals surface area (Å²) in [5.41, 5.74) is 0.119. The van der Waals surface area contributed by atoms with Crippen LogP contribution in [0.15, 0.2) is 36.7 Å². The number of anilines is 1. The molecule has 102 valence electrons. The number of hydrogen-bond acceptors (Lipinski definition) is 3. The Balaban J connectivity index is 2.36. The molecular formula is C13H8Cl2N2O3. The number of hydrogen-bond donors (Lipinski definition) is 2. The molecule has 0 bridgehead atoms. The SMILES string of the molecule is O=C(Nc1cccc(Cl)c1C(=O)O)c1ccncc1Cl. The number of amides is 1. The molecule has 0 saturated carbocycles. The summed E-state index contributed by atoms with van der Waals surface area (Å²) in [4.78, 5) is 27.0. The van der Waals surface area contributed by atoms with Gasteiger partial charge in [-0.2, -0.15) is 0 Å².